The summed E-state index contributed by atoms with van der Waals surface area (Å²) in [5.41, 5.74) is 4.26. The Kier molecular flexibility index (Phi) is 6.21. The first-order valence-corrected chi connectivity index (χ1v) is 11.2. The standard InChI is InChI=1S/C24H23F2N7O2/c1-15-19(10-16-4-2-3-5-20(16)35-23(25)26)33-14-18(28-13-21(33)31-15)17-11-29-24(30-12-17)32-8-6-22(34)27-7-9-32/h2-5,11-14,23H,6-10H2,1H3,(H,27,34). The molecule has 5 rings (SSSR count). The SMILES string of the molecule is Cc1nc2cnc(-c3cnc(N4CCNC(=O)CC4)nc3)cn2c1Cc1ccccc1OC(F)F. The summed E-state index contributed by atoms with van der Waals surface area (Å²) >= 11 is 0. The summed E-state index contributed by atoms with van der Waals surface area (Å²) in [6.45, 7) is 0.727. The maximum absolute atomic E-state index is 12.9. The highest BCUT2D eigenvalue weighted by Gasteiger charge is 2.18. The molecule has 1 aliphatic rings. The Morgan fingerprint density at radius 3 is 2.71 bits per heavy atom. The number of benzene rings is 1. The lowest BCUT2D eigenvalue weighted by Gasteiger charge is -2.19. The van der Waals surface area contributed by atoms with Crippen molar-refractivity contribution in [2.45, 2.75) is 26.4 Å². The van der Waals surface area contributed by atoms with Gasteiger partial charge in [-0.25, -0.2) is 15.0 Å². The van der Waals surface area contributed by atoms with Crippen molar-refractivity contribution in [3.8, 4) is 17.0 Å². The van der Waals surface area contributed by atoms with Crippen LogP contribution in [0.5, 0.6) is 5.75 Å². The fraction of sp³-hybridized carbons (Fsp3) is 0.292. The van der Waals surface area contributed by atoms with Gasteiger partial charge in [-0.1, -0.05) is 18.2 Å². The number of imidazole rings is 1. The molecule has 1 saturated heterocycles. The molecule has 9 nitrogen and oxygen atoms in total. The largest absolute Gasteiger partial charge is 0.435 e. The molecule has 180 valence electrons. The van der Waals surface area contributed by atoms with Crippen molar-refractivity contribution in [1.82, 2.24) is 29.7 Å². The van der Waals surface area contributed by atoms with Crippen LogP contribution in [0.25, 0.3) is 16.9 Å². The van der Waals surface area contributed by atoms with Crippen LogP contribution in [0.1, 0.15) is 23.4 Å². The molecule has 0 aliphatic carbocycles. The molecule has 3 aromatic heterocycles. The number of amides is 1. The number of carbonyl (C=O) groups is 1. The van der Waals surface area contributed by atoms with Crippen LogP contribution in [0.4, 0.5) is 14.7 Å². The number of aryl methyl sites for hydroxylation is 1. The van der Waals surface area contributed by atoms with Crippen LogP contribution in [0, 0.1) is 6.92 Å². The Morgan fingerprint density at radius 2 is 1.91 bits per heavy atom. The number of nitrogens with one attached hydrogen (secondary N) is 1. The number of carbonyl (C=O) groups excluding carboxylic acids is 1. The monoisotopic (exact) mass is 479 g/mol. The van der Waals surface area contributed by atoms with Crippen molar-refractivity contribution in [1.29, 1.82) is 0 Å². The highest BCUT2D eigenvalue weighted by Crippen LogP contribution is 2.26. The van der Waals surface area contributed by atoms with Gasteiger partial charge < -0.3 is 15.0 Å². The second-order valence-corrected chi connectivity index (χ2v) is 8.17. The third-order valence-electron chi connectivity index (χ3n) is 5.88. The first-order valence-electron chi connectivity index (χ1n) is 11.2. The van der Waals surface area contributed by atoms with E-state index in [2.05, 4.69) is 25.3 Å². The lowest BCUT2D eigenvalue weighted by molar-refractivity contribution is -0.120. The molecular formula is C24H23F2N7O2. The summed E-state index contributed by atoms with van der Waals surface area (Å²) in [7, 11) is 0. The van der Waals surface area contributed by atoms with Crippen LogP contribution in [0.2, 0.25) is 0 Å². The molecule has 4 heterocycles. The van der Waals surface area contributed by atoms with E-state index in [0.29, 0.717) is 55.3 Å². The van der Waals surface area contributed by atoms with Crippen LogP contribution in [-0.2, 0) is 11.2 Å². The number of hydrogen-bond acceptors (Lipinski definition) is 7. The molecule has 4 aromatic rings. The highest BCUT2D eigenvalue weighted by atomic mass is 19.3. The fourth-order valence-corrected chi connectivity index (χ4v) is 4.11. The van der Waals surface area contributed by atoms with Crippen molar-refractivity contribution in [2.75, 3.05) is 24.5 Å². The second-order valence-electron chi connectivity index (χ2n) is 8.17. The average Bonchev–Trinajstić information content (AvgIpc) is 3.00. The van der Waals surface area contributed by atoms with Gasteiger partial charge in [-0.15, -0.1) is 0 Å². The van der Waals surface area contributed by atoms with Crippen LogP contribution in [0.3, 0.4) is 0 Å². The lowest BCUT2D eigenvalue weighted by Crippen LogP contribution is -2.29. The molecule has 0 spiro atoms. The quantitative estimate of drug-likeness (QED) is 0.454. The first kappa shape index (κ1) is 22.6. The number of para-hydroxylation sites is 1. The van der Waals surface area contributed by atoms with Crippen LogP contribution < -0.4 is 15.0 Å². The van der Waals surface area contributed by atoms with Gasteiger partial charge in [-0.05, 0) is 13.0 Å². The molecule has 0 saturated carbocycles. The number of hydrogen-bond donors (Lipinski definition) is 1. The molecule has 0 atom stereocenters. The van der Waals surface area contributed by atoms with Gasteiger partial charge in [-0.2, -0.15) is 8.78 Å². The van der Waals surface area contributed by atoms with Crippen LogP contribution in [0.15, 0.2) is 49.1 Å². The Bertz CT molecular complexity index is 1360. The summed E-state index contributed by atoms with van der Waals surface area (Å²) < 4.78 is 32.3. The molecule has 35 heavy (non-hydrogen) atoms. The maximum atomic E-state index is 12.9. The first-order chi connectivity index (χ1) is 17.0. The van der Waals surface area contributed by atoms with E-state index in [1.165, 1.54) is 6.07 Å². The zero-order valence-electron chi connectivity index (χ0n) is 19.0. The molecule has 1 amide bonds. The molecule has 1 aliphatic heterocycles. The maximum Gasteiger partial charge on any atom is 0.387 e. The van der Waals surface area contributed by atoms with E-state index >= 15 is 0 Å². The van der Waals surface area contributed by atoms with Crippen molar-refractivity contribution in [3.63, 3.8) is 0 Å². The molecule has 1 fully saturated rings. The molecule has 1 N–H and O–H groups in total. The van der Waals surface area contributed by atoms with E-state index < -0.39 is 6.61 Å². The molecular weight excluding hydrogens is 456 g/mol. The summed E-state index contributed by atoms with van der Waals surface area (Å²) in [6.07, 6.45) is 7.66. The van der Waals surface area contributed by atoms with E-state index in [-0.39, 0.29) is 11.7 Å². The van der Waals surface area contributed by atoms with Crippen LogP contribution in [-0.4, -0.2) is 56.5 Å². The number of fused-ring (bicyclic) bond motifs is 1. The number of anilines is 1. The number of nitrogens with zero attached hydrogens (tertiary/aromatic N) is 6. The Morgan fingerprint density at radius 1 is 1.11 bits per heavy atom. The van der Waals surface area contributed by atoms with E-state index in [9.17, 15) is 13.6 Å². The van der Waals surface area contributed by atoms with Gasteiger partial charge in [0.2, 0.25) is 11.9 Å². The van der Waals surface area contributed by atoms with Gasteiger partial charge in [0.05, 0.1) is 23.3 Å². The van der Waals surface area contributed by atoms with E-state index in [1.54, 1.807) is 36.8 Å². The summed E-state index contributed by atoms with van der Waals surface area (Å²) in [5.74, 6) is 0.720. The smallest absolute Gasteiger partial charge is 0.387 e. The number of halogens is 2. The van der Waals surface area contributed by atoms with Gasteiger partial charge in [0.15, 0.2) is 5.65 Å². The molecule has 1 aromatic carbocycles. The topological polar surface area (TPSA) is 97.5 Å². The van der Waals surface area contributed by atoms with Crippen molar-refractivity contribution >= 4 is 17.5 Å². The minimum absolute atomic E-state index is 0.0245. The Labute approximate surface area is 199 Å². The van der Waals surface area contributed by atoms with Gasteiger partial charge in [0.1, 0.15) is 5.75 Å². The zero-order valence-corrected chi connectivity index (χ0v) is 19.0. The third-order valence-corrected chi connectivity index (χ3v) is 5.88. The van der Waals surface area contributed by atoms with Gasteiger partial charge >= 0.3 is 6.61 Å². The van der Waals surface area contributed by atoms with E-state index in [4.69, 9.17) is 4.74 Å². The van der Waals surface area contributed by atoms with Crippen LogP contribution >= 0.6 is 0 Å². The minimum Gasteiger partial charge on any atom is -0.435 e. The molecule has 0 unspecified atom stereocenters. The fourth-order valence-electron chi connectivity index (χ4n) is 4.11. The second kappa shape index (κ2) is 9.61. The summed E-state index contributed by atoms with van der Waals surface area (Å²) in [4.78, 5) is 31.6. The zero-order chi connectivity index (χ0) is 24.4. The van der Waals surface area contributed by atoms with Crippen molar-refractivity contribution < 1.29 is 18.3 Å². The van der Waals surface area contributed by atoms with Crippen molar-refractivity contribution in [3.05, 3.63) is 66.0 Å². The predicted molar refractivity (Wildman–Crippen MR) is 124 cm³/mol. The minimum atomic E-state index is -2.90. The molecule has 0 radical (unpaired) electrons. The molecule has 0 bridgehead atoms. The number of ether oxygens (including phenoxy) is 1. The van der Waals surface area contributed by atoms with Gasteiger partial charge in [0, 0.05) is 62.2 Å². The van der Waals surface area contributed by atoms with Gasteiger partial charge in [0.25, 0.3) is 0 Å². The Balaban J connectivity index is 1.43. The predicted octanol–water partition coefficient (Wildman–Crippen LogP) is 3.01. The Hall–Kier alpha value is -4.15. The number of aromatic nitrogens is 5. The number of rotatable bonds is 6. The van der Waals surface area contributed by atoms with E-state index in [0.717, 1.165) is 17.0 Å². The average molecular weight is 479 g/mol. The third kappa shape index (κ3) is 4.88. The van der Waals surface area contributed by atoms with Crippen molar-refractivity contribution in [2.24, 2.45) is 0 Å². The van der Waals surface area contributed by atoms with Gasteiger partial charge in [-0.3, -0.25) is 14.2 Å². The lowest BCUT2D eigenvalue weighted by atomic mass is 10.1. The number of alkyl halides is 2. The van der Waals surface area contributed by atoms with E-state index in [1.807, 2.05) is 22.4 Å². The summed E-state index contributed by atoms with van der Waals surface area (Å²) in [6, 6.07) is 6.74. The summed E-state index contributed by atoms with van der Waals surface area (Å²) in [5, 5.41) is 2.84. The molecule has 11 heteroatoms. The highest BCUT2D eigenvalue weighted by molar-refractivity contribution is 5.77. The normalized spacial score (nSPS) is 14.3.